The SMILES string of the molecule is Cc1ccc(S(=O)(=O)Nc2ccc(C)c(C(F)(F)F)c2)s1. The summed E-state index contributed by atoms with van der Waals surface area (Å²) in [4.78, 5) is 0.801. The largest absolute Gasteiger partial charge is 0.416 e. The Morgan fingerprint density at radius 1 is 1.10 bits per heavy atom. The lowest BCUT2D eigenvalue weighted by molar-refractivity contribution is -0.138. The van der Waals surface area contributed by atoms with Crippen molar-refractivity contribution in [2.75, 3.05) is 4.72 Å². The lowest BCUT2D eigenvalue weighted by atomic mass is 10.1. The molecule has 0 saturated carbocycles. The van der Waals surface area contributed by atoms with E-state index in [1.54, 1.807) is 13.0 Å². The number of nitrogens with one attached hydrogen (secondary N) is 1. The molecule has 0 atom stereocenters. The van der Waals surface area contributed by atoms with Crippen molar-refractivity contribution in [1.82, 2.24) is 0 Å². The molecule has 0 amide bonds. The van der Waals surface area contributed by atoms with Gasteiger partial charge in [-0.15, -0.1) is 11.3 Å². The van der Waals surface area contributed by atoms with Crippen molar-refractivity contribution in [2.45, 2.75) is 24.2 Å². The van der Waals surface area contributed by atoms with E-state index in [0.29, 0.717) is 0 Å². The second-order valence-electron chi connectivity index (χ2n) is 4.50. The summed E-state index contributed by atoms with van der Waals surface area (Å²) in [7, 11) is -3.87. The summed E-state index contributed by atoms with van der Waals surface area (Å²) in [5.74, 6) is 0. The first-order chi connectivity index (χ1) is 9.59. The van der Waals surface area contributed by atoms with Gasteiger partial charge in [0.25, 0.3) is 10.0 Å². The summed E-state index contributed by atoms with van der Waals surface area (Å²) in [6.07, 6.45) is -4.52. The number of sulfonamides is 1. The van der Waals surface area contributed by atoms with E-state index in [0.717, 1.165) is 22.3 Å². The minimum atomic E-state index is -4.52. The summed E-state index contributed by atoms with van der Waals surface area (Å²) in [5, 5.41) is 0. The maximum absolute atomic E-state index is 12.8. The van der Waals surface area contributed by atoms with Crippen molar-refractivity contribution < 1.29 is 21.6 Å². The van der Waals surface area contributed by atoms with Gasteiger partial charge in [0.05, 0.1) is 5.56 Å². The Morgan fingerprint density at radius 3 is 2.29 bits per heavy atom. The average Bonchev–Trinajstić information content (AvgIpc) is 2.77. The predicted molar refractivity (Wildman–Crippen MR) is 76.0 cm³/mol. The van der Waals surface area contributed by atoms with Crippen LogP contribution in [0.15, 0.2) is 34.5 Å². The molecule has 2 aromatic rings. The first kappa shape index (κ1) is 15.8. The number of anilines is 1. The molecular formula is C13H12F3NO2S2. The van der Waals surface area contributed by atoms with Crippen LogP contribution in [0.5, 0.6) is 0 Å². The van der Waals surface area contributed by atoms with E-state index >= 15 is 0 Å². The Bertz CT molecular complexity index is 764. The Hall–Kier alpha value is -1.54. The van der Waals surface area contributed by atoms with Gasteiger partial charge in [0.2, 0.25) is 0 Å². The molecule has 0 spiro atoms. The highest BCUT2D eigenvalue weighted by molar-refractivity contribution is 7.94. The fraction of sp³-hybridized carbons (Fsp3) is 0.231. The number of halogens is 3. The Morgan fingerprint density at radius 2 is 1.76 bits per heavy atom. The molecule has 1 aromatic heterocycles. The van der Waals surface area contributed by atoms with E-state index in [1.807, 2.05) is 0 Å². The molecule has 0 aliphatic rings. The summed E-state index contributed by atoms with van der Waals surface area (Å²) < 4.78 is 64.8. The molecule has 114 valence electrons. The topological polar surface area (TPSA) is 46.2 Å². The average molecular weight is 335 g/mol. The minimum Gasteiger partial charge on any atom is -0.279 e. The Kier molecular flexibility index (Phi) is 4.03. The van der Waals surface area contributed by atoms with Gasteiger partial charge in [-0.3, -0.25) is 4.72 Å². The molecule has 0 aliphatic carbocycles. The van der Waals surface area contributed by atoms with Crippen LogP contribution in [0.3, 0.4) is 0 Å². The van der Waals surface area contributed by atoms with E-state index < -0.39 is 21.8 Å². The van der Waals surface area contributed by atoms with Crippen molar-refractivity contribution in [2.24, 2.45) is 0 Å². The number of aryl methyl sites for hydroxylation is 2. The maximum atomic E-state index is 12.8. The highest BCUT2D eigenvalue weighted by atomic mass is 32.2. The minimum absolute atomic E-state index is 0.0393. The summed E-state index contributed by atoms with van der Waals surface area (Å²) >= 11 is 1.05. The standard InChI is InChI=1S/C13H12F3NO2S2/c1-8-3-5-10(7-11(8)13(14,15)16)17-21(18,19)12-6-4-9(2)20-12/h3-7,17H,1-2H3. The fourth-order valence-corrected chi connectivity index (χ4v) is 4.09. The van der Waals surface area contributed by atoms with Crippen molar-refractivity contribution in [3.05, 3.63) is 46.3 Å². The van der Waals surface area contributed by atoms with Gasteiger partial charge in [-0.25, -0.2) is 8.42 Å². The van der Waals surface area contributed by atoms with Crippen LogP contribution in [-0.2, 0) is 16.2 Å². The second kappa shape index (κ2) is 5.34. The maximum Gasteiger partial charge on any atom is 0.416 e. The molecule has 0 saturated heterocycles. The third-order valence-electron chi connectivity index (χ3n) is 2.78. The quantitative estimate of drug-likeness (QED) is 0.914. The molecule has 21 heavy (non-hydrogen) atoms. The molecule has 0 radical (unpaired) electrons. The van der Waals surface area contributed by atoms with E-state index in [1.165, 1.54) is 25.1 Å². The van der Waals surface area contributed by atoms with Crippen LogP contribution in [0.25, 0.3) is 0 Å². The number of benzene rings is 1. The molecule has 0 fully saturated rings. The van der Waals surface area contributed by atoms with Gasteiger partial charge in [-0.2, -0.15) is 13.2 Å². The Balaban J connectivity index is 2.36. The van der Waals surface area contributed by atoms with Crippen molar-refractivity contribution >= 4 is 27.0 Å². The van der Waals surface area contributed by atoms with Crippen molar-refractivity contribution in [3.63, 3.8) is 0 Å². The van der Waals surface area contributed by atoms with Gasteiger partial charge in [0, 0.05) is 10.6 Å². The predicted octanol–water partition coefficient (Wildman–Crippen LogP) is 4.18. The zero-order valence-electron chi connectivity index (χ0n) is 11.2. The van der Waals surface area contributed by atoms with E-state index in [2.05, 4.69) is 4.72 Å². The molecule has 0 unspecified atom stereocenters. The van der Waals surface area contributed by atoms with Gasteiger partial charge in [0.15, 0.2) is 0 Å². The van der Waals surface area contributed by atoms with Crippen molar-refractivity contribution in [3.8, 4) is 0 Å². The van der Waals surface area contributed by atoms with Crippen LogP contribution in [0.4, 0.5) is 18.9 Å². The monoisotopic (exact) mass is 335 g/mol. The highest BCUT2D eigenvalue weighted by Gasteiger charge is 2.32. The molecule has 0 aliphatic heterocycles. The Labute approximate surface area is 124 Å². The third kappa shape index (κ3) is 3.56. The molecule has 3 nitrogen and oxygen atoms in total. The lowest BCUT2D eigenvalue weighted by Crippen LogP contribution is -2.13. The van der Waals surface area contributed by atoms with Crippen LogP contribution in [0.2, 0.25) is 0 Å². The number of hydrogen-bond donors (Lipinski definition) is 1. The first-order valence-corrected chi connectivity index (χ1v) is 8.17. The van der Waals surface area contributed by atoms with Gasteiger partial charge >= 0.3 is 6.18 Å². The molecule has 1 N–H and O–H groups in total. The van der Waals surface area contributed by atoms with Crippen LogP contribution in [-0.4, -0.2) is 8.42 Å². The first-order valence-electron chi connectivity index (χ1n) is 5.87. The van der Waals surface area contributed by atoms with Crippen LogP contribution >= 0.6 is 11.3 Å². The van der Waals surface area contributed by atoms with Crippen LogP contribution in [0, 0.1) is 13.8 Å². The van der Waals surface area contributed by atoms with Crippen molar-refractivity contribution in [1.29, 1.82) is 0 Å². The van der Waals surface area contributed by atoms with Crippen LogP contribution in [0.1, 0.15) is 16.0 Å². The van der Waals surface area contributed by atoms with Gasteiger partial charge in [-0.05, 0) is 43.7 Å². The zero-order chi connectivity index (χ0) is 15.8. The van der Waals surface area contributed by atoms with Gasteiger partial charge in [0.1, 0.15) is 4.21 Å². The normalized spacial score (nSPS) is 12.4. The fourth-order valence-electron chi connectivity index (χ4n) is 1.75. The lowest BCUT2D eigenvalue weighted by Gasteiger charge is -2.13. The molecule has 2 rings (SSSR count). The molecular weight excluding hydrogens is 323 g/mol. The molecule has 0 bridgehead atoms. The number of thiophene rings is 1. The molecule has 8 heteroatoms. The van der Waals surface area contributed by atoms with Gasteiger partial charge in [-0.1, -0.05) is 6.07 Å². The summed E-state index contributed by atoms with van der Waals surface area (Å²) in [6, 6.07) is 6.40. The second-order valence-corrected chi connectivity index (χ2v) is 7.70. The number of rotatable bonds is 3. The van der Waals surface area contributed by atoms with E-state index in [9.17, 15) is 21.6 Å². The zero-order valence-corrected chi connectivity index (χ0v) is 12.8. The van der Waals surface area contributed by atoms with Crippen LogP contribution < -0.4 is 4.72 Å². The smallest absolute Gasteiger partial charge is 0.279 e. The van der Waals surface area contributed by atoms with E-state index in [4.69, 9.17) is 0 Å². The summed E-state index contributed by atoms with van der Waals surface area (Å²) in [5.41, 5.74) is -0.929. The number of alkyl halides is 3. The number of hydrogen-bond acceptors (Lipinski definition) is 3. The third-order valence-corrected chi connectivity index (χ3v) is 5.65. The molecule has 1 heterocycles. The van der Waals surface area contributed by atoms with E-state index in [-0.39, 0.29) is 15.5 Å². The molecule has 1 aromatic carbocycles. The highest BCUT2D eigenvalue weighted by Crippen LogP contribution is 2.34. The van der Waals surface area contributed by atoms with Gasteiger partial charge < -0.3 is 0 Å². The summed E-state index contributed by atoms with van der Waals surface area (Å²) in [6.45, 7) is 3.07.